The summed E-state index contributed by atoms with van der Waals surface area (Å²) in [6, 6.07) is 0. The Morgan fingerprint density at radius 3 is 1.90 bits per heavy atom. The first-order chi connectivity index (χ1) is 9.45. The molecule has 0 unspecified atom stereocenters. The quantitative estimate of drug-likeness (QED) is 0.225. The van der Waals surface area contributed by atoms with Crippen molar-refractivity contribution in [3.8, 4) is 0 Å². The smallest absolute Gasteiger partial charge is 0.330 e. The molecular weight excluding hydrogens is 278 g/mol. The minimum atomic E-state index is -2.37. The van der Waals surface area contributed by atoms with Crippen molar-refractivity contribution < 1.29 is 18.3 Å². The van der Waals surface area contributed by atoms with E-state index in [4.69, 9.17) is 4.74 Å². The molecule has 20 heavy (non-hydrogen) atoms. The molecule has 0 aromatic carbocycles. The van der Waals surface area contributed by atoms with Crippen molar-refractivity contribution in [2.24, 2.45) is 0 Å². The number of unbranched alkanes of at least 4 members (excludes halogenated alkanes) is 8. The Morgan fingerprint density at radius 2 is 1.45 bits per heavy atom. The Labute approximate surface area is 124 Å². The first kappa shape index (κ1) is 19.3. The number of halogens is 2. The number of hydrogen-bond acceptors (Lipinski definition) is 2. The second-order valence-corrected chi connectivity index (χ2v) is 6.84. The van der Waals surface area contributed by atoms with Gasteiger partial charge in [0, 0.05) is 12.5 Å². The van der Waals surface area contributed by atoms with Gasteiger partial charge in [-0.3, -0.25) is 0 Å². The zero-order chi connectivity index (χ0) is 15.3. The van der Waals surface area contributed by atoms with Crippen LogP contribution in [0.5, 0.6) is 0 Å². The van der Waals surface area contributed by atoms with E-state index in [1.807, 2.05) is 0 Å². The molecule has 0 N–H and O–H groups in total. The highest BCUT2D eigenvalue weighted by molar-refractivity contribution is 6.13. The summed E-state index contributed by atoms with van der Waals surface area (Å²) < 4.78 is 30.1. The van der Waals surface area contributed by atoms with Gasteiger partial charge < -0.3 is 4.74 Å². The maximum atomic E-state index is 12.6. The normalized spacial score (nSPS) is 11.5. The third-order valence-electron chi connectivity index (χ3n) is 3.17. The molecule has 118 valence electrons. The summed E-state index contributed by atoms with van der Waals surface area (Å²) in [5.74, 6) is -0.356. The second kappa shape index (κ2) is 12.1. The van der Waals surface area contributed by atoms with E-state index in [-0.39, 0.29) is 22.6 Å². The Bertz CT molecular complexity index is 265. The fourth-order valence-corrected chi connectivity index (χ4v) is 2.36. The van der Waals surface area contributed by atoms with Crippen LogP contribution in [0.2, 0.25) is 0 Å². The molecule has 0 aromatic heterocycles. The van der Waals surface area contributed by atoms with Crippen molar-refractivity contribution in [2.75, 3.05) is 6.61 Å². The number of alkyl halides is 2. The highest BCUT2D eigenvalue weighted by atomic mass is 28.1. The van der Waals surface area contributed by atoms with Gasteiger partial charge in [-0.1, -0.05) is 51.5 Å². The van der Waals surface area contributed by atoms with Crippen molar-refractivity contribution >= 4 is 16.2 Å². The predicted octanol–water partition coefficient (Wildman–Crippen LogP) is 3.57. The van der Waals surface area contributed by atoms with Gasteiger partial charge in [-0.15, -0.1) is 0 Å². The largest absolute Gasteiger partial charge is 0.463 e. The van der Waals surface area contributed by atoms with Crippen LogP contribution >= 0.6 is 0 Å². The Morgan fingerprint density at radius 1 is 1.00 bits per heavy atom. The molecule has 0 bridgehead atoms. The van der Waals surface area contributed by atoms with Crippen LogP contribution < -0.4 is 0 Å². The van der Waals surface area contributed by atoms with Crippen molar-refractivity contribution in [2.45, 2.75) is 69.8 Å². The summed E-state index contributed by atoms with van der Waals surface area (Å²) in [6.45, 7) is 3.80. The first-order valence-electron chi connectivity index (χ1n) is 7.63. The van der Waals surface area contributed by atoms with Crippen LogP contribution in [0.25, 0.3) is 0 Å². The average molecular weight is 306 g/mol. The van der Waals surface area contributed by atoms with Crippen molar-refractivity contribution in [1.29, 1.82) is 0 Å². The van der Waals surface area contributed by atoms with Gasteiger partial charge in [0.1, 0.15) is 0 Å². The van der Waals surface area contributed by atoms with E-state index in [9.17, 15) is 13.6 Å². The van der Waals surface area contributed by atoms with Gasteiger partial charge in [0.05, 0.1) is 16.8 Å². The second-order valence-electron chi connectivity index (χ2n) is 5.37. The molecule has 0 heterocycles. The van der Waals surface area contributed by atoms with Gasteiger partial charge in [0.25, 0.3) is 0 Å². The first-order valence-corrected chi connectivity index (χ1v) is 8.63. The molecule has 0 amide bonds. The number of hydrogen-bond donors (Lipinski definition) is 0. The number of ether oxygens (including phenoxy) is 1. The fraction of sp³-hybridized carbons (Fsp3) is 0.800. The summed E-state index contributed by atoms with van der Waals surface area (Å²) in [6.07, 6.45) is 10.5. The monoisotopic (exact) mass is 306 g/mol. The SMILES string of the molecule is C=CC(=O)OCCCCCCCCCCCC(F)(F)[SiH3]. The molecule has 0 saturated heterocycles. The van der Waals surface area contributed by atoms with E-state index >= 15 is 0 Å². The van der Waals surface area contributed by atoms with Crippen LogP contribution in [0.4, 0.5) is 8.78 Å². The number of carbonyl (C=O) groups excluding carboxylic acids is 1. The number of esters is 1. The van der Waals surface area contributed by atoms with E-state index in [1.54, 1.807) is 0 Å². The molecular formula is C15H28F2O2Si. The molecule has 0 aliphatic carbocycles. The van der Waals surface area contributed by atoms with Gasteiger partial charge >= 0.3 is 5.97 Å². The zero-order valence-electron chi connectivity index (χ0n) is 12.6. The van der Waals surface area contributed by atoms with Gasteiger partial charge in [-0.2, -0.15) is 0 Å². The molecule has 0 atom stereocenters. The molecule has 0 radical (unpaired) electrons. The molecule has 0 aliphatic rings. The zero-order valence-corrected chi connectivity index (χ0v) is 14.6. The molecule has 5 heteroatoms. The van der Waals surface area contributed by atoms with Gasteiger partial charge in [-0.05, 0) is 12.8 Å². The molecule has 0 spiro atoms. The van der Waals surface area contributed by atoms with Crippen LogP contribution in [0.15, 0.2) is 12.7 Å². The maximum absolute atomic E-state index is 12.6. The minimum absolute atomic E-state index is 0.0223. The summed E-state index contributed by atoms with van der Waals surface area (Å²) in [5.41, 5.74) is -2.37. The van der Waals surface area contributed by atoms with E-state index in [0.29, 0.717) is 13.0 Å². The lowest BCUT2D eigenvalue weighted by atomic mass is 10.1. The molecule has 0 rings (SSSR count). The Kier molecular flexibility index (Phi) is 11.6. The number of carbonyl (C=O) groups is 1. The van der Waals surface area contributed by atoms with Crippen molar-refractivity contribution in [3.63, 3.8) is 0 Å². The molecule has 0 fully saturated rings. The maximum Gasteiger partial charge on any atom is 0.330 e. The van der Waals surface area contributed by atoms with Crippen LogP contribution in [0.1, 0.15) is 64.2 Å². The van der Waals surface area contributed by atoms with Crippen LogP contribution in [0.3, 0.4) is 0 Å². The third-order valence-corrected chi connectivity index (χ3v) is 3.67. The van der Waals surface area contributed by atoms with Gasteiger partial charge in [-0.25, -0.2) is 13.6 Å². The fourth-order valence-electron chi connectivity index (χ4n) is 2.01. The van der Waals surface area contributed by atoms with Gasteiger partial charge in [0.15, 0.2) is 0 Å². The summed E-state index contributed by atoms with van der Waals surface area (Å²) in [5, 5.41) is 0. The van der Waals surface area contributed by atoms with E-state index in [0.717, 1.165) is 38.5 Å². The van der Waals surface area contributed by atoms with Gasteiger partial charge in [0.2, 0.25) is 5.55 Å². The third kappa shape index (κ3) is 15.3. The standard InChI is InChI=1S/C15H28F2O2Si/c1-2-14(18)19-13-11-9-7-5-3-4-6-8-10-12-15(16,17)20/h2H,1,3-13H2,20H3. The lowest BCUT2D eigenvalue weighted by Gasteiger charge is -2.09. The topological polar surface area (TPSA) is 26.3 Å². The molecule has 2 nitrogen and oxygen atoms in total. The van der Waals surface area contributed by atoms with Crippen molar-refractivity contribution in [1.82, 2.24) is 0 Å². The molecule has 0 aliphatic heterocycles. The molecule has 0 saturated carbocycles. The minimum Gasteiger partial charge on any atom is -0.463 e. The summed E-state index contributed by atoms with van der Waals surface area (Å²) >= 11 is 0. The highest BCUT2D eigenvalue weighted by Gasteiger charge is 2.18. The summed E-state index contributed by atoms with van der Waals surface area (Å²) in [7, 11) is -0.0223. The van der Waals surface area contributed by atoms with E-state index in [2.05, 4.69) is 6.58 Å². The molecule has 0 aromatic rings. The van der Waals surface area contributed by atoms with Crippen LogP contribution in [0, 0.1) is 0 Å². The Hall–Kier alpha value is -0.713. The summed E-state index contributed by atoms with van der Waals surface area (Å²) in [4.78, 5) is 10.7. The van der Waals surface area contributed by atoms with Crippen molar-refractivity contribution in [3.05, 3.63) is 12.7 Å². The lowest BCUT2D eigenvalue weighted by molar-refractivity contribution is -0.137. The number of rotatable bonds is 13. The predicted molar refractivity (Wildman–Crippen MR) is 82.2 cm³/mol. The lowest BCUT2D eigenvalue weighted by Crippen LogP contribution is -2.14. The Balaban J connectivity index is 3.10. The van der Waals surface area contributed by atoms with Crippen LogP contribution in [-0.4, -0.2) is 28.4 Å². The van der Waals surface area contributed by atoms with E-state index < -0.39 is 5.55 Å². The van der Waals surface area contributed by atoms with E-state index in [1.165, 1.54) is 18.9 Å². The van der Waals surface area contributed by atoms with Crippen LogP contribution in [-0.2, 0) is 9.53 Å². The highest BCUT2D eigenvalue weighted by Crippen LogP contribution is 2.18. The average Bonchev–Trinajstić information content (AvgIpc) is 2.38.